The summed E-state index contributed by atoms with van der Waals surface area (Å²) in [6.45, 7) is 0. The number of carbonyl (C=O) groups is 3. The van der Waals surface area contributed by atoms with E-state index in [4.69, 9.17) is 0 Å². The molecule has 6 heteroatoms. The summed E-state index contributed by atoms with van der Waals surface area (Å²) in [7, 11) is 0. The Balaban J connectivity index is 1.71. The van der Waals surface area contributed by atoms with Gasteiger partial charge in [-0.2, -0.15) is 0 Å². The van der Waals surface area contributed by atoms with Crippen molar-refractivity contribution in [1.82, 2.24) is 16.2 Å². The summed E-state index contributed by atoms with van der Waals surface area (Å²) in [5.74, 6) is -1.47. The Morgan fingerprint density at radius 3 is 2.33 bits per heavy atom. The van der Waals surface area contributed by atoms with Crippen LogP contribution < -0.4 is 16.2 Å². The van der Waals surface area contributed by atoms with E-state index in [0.29, 0.717) is 0 Å². The van der Waals surface area contributed by atoms with Crippen LogP contribution in [0, 0.1) is 5.92 Å². The molecular weight excluding hydrogens is 234 g/mol. The van der Waals surface area contributed by atoms with Gasteiger partial charge in [-0.3, -0.25) is 25.2 Å². The molecule has 1 saturated heterocycles. The van der Waals surface area contributed by atoms with E-state index in [-0.39, 0.29) is 36.6 Å². The Kier molecular flexibility index (Phi) is 4.17. The van der Waals surface area contributed by atoms with Crippen LogP contribution in [0.25, 0.3) is 0 Å². The molecule has 0 aromatic carbocycles. The van der Waals surface area contributed by atoms with Gasteiger partial charge in [-0.1, -0.05) is 19.3 Å². The van der Waals surface area contributed by atoms with Crippen molar-refractivity contribution in [1.29, 1.82) is 0 Å². The van der Waals surface area contributed by atoms with Crippen LogP contribution in [-0.4, -0.2) is 23.8 Å². The van der Waals surface area contributed by atoms with Gasteiger partial charge < -0.3 is 5.32 Å². The first-order valence-electron chi connectivity index (χ1n) is 6.56. The number of nitrogens with one attached hydrogen (secondary N) is 3. The molecule has 2 fully saturated rings. The van der Waals surface area contributed by atoms with Gasteiger partial charge >= 0.3 is 0 Å². The molecule has 2 aliphatic rings. The summed E-state index contributed by atoms with van der Waals surface area (Å²) in [4.78, 5) is 34.2. The second-order valence-electron chi connectivity index (χ2n) is 4.97. The van der Waals surface area contributed by atoms with Crippen molar-refractivity contribution < 1.29 is 14.4 Å². The maximum Gasteiger partial charge on any atom is 0.251 e. The summed E-state index contributed by atoms with van der Waals surface area (Å²) >= 11 is 0. The fourth-order valence-electron chi connectivity index (χ4n) is 2.50. The van der Waals surface area contributed by atoms with E-state index in [1.807, 2.05) is 0 Å². The Morgan fingerprint density at radius 2 is 1.72 bits per heavy atom. The molecule has 2 rings (SSSR count). The van der Waals surface area contributed by atoms with Crippen molar-refractivity contribution >= 4 is 17.7 Å². The molecule has 0 aromatic heterocycles. The lowest BCUT2D eigenvalue weighted by Gasteiger charge is -2.22. The van der Waals surface area contributed by atoms with Crippen LogP contribution in [-0.2, 0) is 14.4 Å². The minimum Gasteiger partial charge on any atom is -0.353 e. The molecule has 0 radical (unpaired) electrons. The van der Waals surface area contributed by atoms with E-state index in [0.717, 1.165) is 12.8 Å². The minimum atomic E-state index is -0.720. The molecule has 0 atom stereocenters. The molecule has 3 N–H and O–H groups in total. The number of carbonyl (C=O) groups excluding carboxylic acids is 3. The van der Waals surface area contributed by atoms with E-state index < -0.39 is 5.92 Å². The summed E-state index contributed by atoms with van der Waals surface area (Å²) in [5.41, 5.74) is 4.51. The average Bonchev–Trinajstić information content (AvgIpc) is 2.68. The van der Waals surface area contributed by atoms with Crippen LogP contribution in [0.15, 0.2) is 0 Å². The first kappa shape index (κ1) is 12.9. The SMILES string of the molecule is O=C(CCC1C(=O)NNC1=O)NC1CCCCC1. The molecular formula is C12H19N3O3. The summed E-state index contributed by atoms with van der Waals surface area (Å²) < 4.78 is 0. The third kappa shape index (κ3) is 3.21. The van der Waals surface area contributed by atoms with Crippen LogP contribution in [0.5, 0.6) is 0 Å². The number of amides is 3. The average molecular weight is 253 g/mol. The topological polar surface area (TPSA) is 87.3 Å². The normalized spacial score (nSPS) is 21.6. The molecule has 0 spiro atoms. The van der Waals surface area contributed by atoms with Gasteiger partial charge in [0.1, 0.15) is 5.92 Å². The molecule has 6 nitrogen and oxygen atoms in total. The quantitative estimate of drug-likeness (QED) is 0.616. The second kappa shape index (κ2) is 5.84. The van der Waals surface area contributed by atoms with E-state index in [1.54, 1.807) is 0 Å². The molecule has 100 valence electrons. The molecule has 1 aliphatic heterocycles. The zero-order chi connectivity index (χ0) is 13.0. The Hall–Kier alpha value is -1.59. The number of hydrazine groups is 1. The third-order valence-corrected chi connectivity index (χ3v) is 3.57. The lowest BCUT2D eigenvalue weighted by Crippen LogP contribution is -2.36. The van der Waals surface area contributed by atoms with Gasteiger partial charge in [-0.15, -0.1) is 0 Å². The fourth-order valence-corrected chi connectivity index (χ4v) is 2.50. The zero-order valence-corrected chi connectivity index (χ0v) is 10.3. The predicted octanol–water partition coefficient (Wildman–Crippen LogP) is -0.00730. The molecule has 0 aromatic rings. The first-order chi connectivity index (χ1) is 8.66. The zero-order valence-electron chi connectivity index (χ0n) is 10.3. The van der Waals surface area contributed by atoms with Crippen LogP contribution in [0.2, 0.25) is 0 Å². The van der Waals surface area contributed by atoms with Gasteiger partial charge in [0.2, 0.25) is 5.91 Å². The molecule has 3 amide bonds. The third-order valence-electron chi connectivity index (χ3n) is 3.57. The maximum absolute atomic E-state index is 11.7. The second-order valence-corrected chi connectivity index (χ2v) is 4.97. The van der Waals surface area contributed by atoms with E-state index in [2.05, 4.69) is 16.2 Å². The Labute approximate surface area is 106 Å². The number of hydrogen-bond donors (Lipinski definition) is 3. The Morgan fingerprint density at radius 1 is 1.11 bits per heavy atom. The van der Waals surface area contributed by atoms with Crippen molar-refractivity contribution in [3.8, 4) is 0 Å². The first-order valence-corrected chi connectivity index (χ1v) is 6.56. The lowest BCUT2D eigenvalue weighted by molar-refractivity contribution is -0.128. The lowest BCUT2D eigenvalue weighted by atomic mass is 9.95. The molecule has 0 unspecified atom stereocenters. The van der Waals surface area contributed by atoms with Gasteiger partial charge in [-0.05, 0) is 19.3 Å². The van der Waals surface area contributed by atoms with E-state index in [9.17, 15) is 14.4 Å². The Bertz CT molecular complexity index is 334. The monoisotopic (exact) mass is 253 g/mol. The molecule has 18 heavy (non-hydrogen) atoms. The van der Waals surface area contributed by atoms with Gasteiger partial charge in [0, 0.05) is 12.5 Å². The van der Waals surface area contributed by atoms with E-state index >= 15 is 0 Å². The summed E-state index contributed by atoms with van der Waals surface area (Å²) in [6.07, 6.45) is 6.15. The van der Waals surface area contributed by atoms with Crippen molar-refractivity contribution in [2.24, 2.45) is 5.92 Å². The van der Waals surface area contributed by atoms with Crippen LogP contribution in [0.3, 0.4) is 0 Å². The van der Waals surface area contributed by atoms with Gasteiger partial charge in [0.05, 0.1) is 0 Å². The predicted molar refractivity (Wildman–Crippen MR) is 64.0 cm³/mol. The van der Waals surface area contributed by atoms with Crippen molar-refractivity contribution in [3.05, 3.63) is 0 Å². The maximum atomic E-state index is 11.7. The molecule has 1 heterocycles. The highest BCUT2D eigenvalue weighted by Crippen LogP contribution is 2.18. The standard InChI is InChI=1S/C12H19N3O3/c16-10(13-8-4-2-1-3-5-8)7-6-9-11(17)14-15-12(9)18/h8-9H,1-7H2,(H,13,16)(H,14,17)(H,15,18). The molecule has 1 aliphatic carbocycles. The van der Waals surface area contributed by atoms with Crippen LogP contribution in [0.1, 0.15) is 44.9 Å². The largest absolute Gasteiger partial charge is 0.353 e. The van der Waals surface area contributed by atoms with Crippen molar-refractivity contribution in [3.63, 3.8) is 0 Å². The van der Waals surface area contributed by atoms with Crippen molar-refractivity contribution in [2.45, 2.75) is 51.0 Å². The van der Waals surface area contributed by atoms with Crippen LogP contribution in [0.4, 0.5) is 0 Å². The highest BCUT2D eigenvalue weighted by atomic mass is 16.2. The summed E-state index contributed by atoms with van der Waals surface area (Å²) in [5, 5.41) is 2.97. The van der Waals surface area contributed by atoms with Gasteiger partial charge in [0.25, 0.3) is 11.8 Å². The summed E-state index contributed by atoms with van der Waals surface area (Å²) in [6, 6.07) is 0.275. The fraction of sp³-hybridized carbons (Fsp3) is 0.750. The number of rotatable bonds is 4. The minimum absolute atomic E-state index is 0.0607. The highest BCUT2D eigenvalue weighted by molar-refractivity contribution is 6.05. The smallest absolute Gasteiger partial charge is 0.251 e. The van der Waals surface area contributed by atoms with E-state index in [1.165, 1.54) is 19.3 Å². The molecule has 0 bridgehead atoms. The van der Waals surface area contributed by atoms with Gasteiger partial charge in [0.15, 0.2) is 0 Å². The highest BCUT2D eigenvalue weighted by Gasteiger charge is 2.33. The molecule has 1 saturated carbocycles. The van der Waals surface area contributed by atoms with Crippen LogP contribution >= 0.6 is 0 Å². The van der Waals surface area contributed by atoms with Gasteiger partial charge in [-0.25, -0.2) is 0 Å². The van der Waals surface area contributed by atoms with Crippen molar-refractivity contribution in [2.75, 3.05) is 0 Å². The number of hydrogen-bond acceptors (Lipinski definition) is 3.